The van der Waals surface area contributed by atoms with Crippen LogP contribution < -0.4 is 10.7 Å². The number of nitrogens with one attached hydrogen (secondary N) is 2. The Hall–Kier alpha value is -3.46. The number of hydrogen-bond acceptors (Lipinski definition) is 4. The van der Waals surface area contributed by atoms with Crippen LogP contribution in [0.15, 0.2) is 53.6 Å². The first-order chi connectivity index (χ1) is 11.6. The molecule has 0 fully saturated rings. The number of anilines is 1. The van der Waals surface area contributed by atoms with Gasteiger partial charge in [0.25, 0.3) is 5.91 Å². The molecule has 2 rings (SSSR count). The fourth-order valence-corrected chi connectivity index (χ4v) is 1.92. The lowest BCUT2D eigenvalue weighted by atomic mass is 10.1. The molecule has 6 heteroatoms. The van der Waals surface area contributed by atoms with Gasteiger partial charge in [0.15, 0.2) is 0 Å². The van der Waals surface area contributed by atoms with Gasteiger partial charge in [-0.15, -0.1) is 0 Å². The van der Waals surface area contributed by atoms with Crippen molar-refractivity contribution in [3.63, 3.8) is 0 Å². The minimum absolute atomic E-state index is 0.126. The zero-order valence-corrected chi connectivity index (χ0v) is 13.1. The fraction of sp³-hybridized carbons (Fsp3) is 0.111. The molecule has 120 valence electrons. The molecule has 0 radical (unpaired) electrons. The molecule has 0 saturated heterocycles. The lowest BCUT2D eigenvalue weighted by molar-refractivity contribution is -0.115. The van der Waals surface area contributed by atoms with Crippen molar-refractivity contribution in [2.24, 2.45) is 5.10 Å². The molecular weight excluding hydrogens is 304 g/mol. The van der Waals surface area contributed by atoms with Gasteiger partial charge in [-0.25, -0.2) is 5.43 Å². The molecule has 24 heavy (non-hydrogen) atoms. The third-order valence-electron chi connectivity index (χ3n) is 3.18. The molecule has 0 aromatic heterocycles. The highest BCUT2D eigenvalue weighted by Gasteiger charge is 2.06. The average molecular weight is 320 g/mol. The molecule has 2 aromatic rings. The van der Waals surface area contributed by atoms with Crippen molar-refractivity contribution in [2.75, 3.05) is 5.32 Å². The molecule has 0 heterocycles. The van der Waals surface area contributed by atoms with Crippen LogP contribution in [0.1, 0.15) is 34.8 Å². The van der Waals surface area contributed by atoms with Crippen molar-refractivity contribution >= 4 is 23.7 Å². The molecule has 0 spiro atoms. The quantitative estimate of drug-likeness (QED) is 0.655. The molecule has 0 atom stereocenters. The molecule has 0 unspecified atom stereocenters. The lowest BCUT2D eigenvalue weighted by Gasteiger charge is -2.05. The van der Waals surface area contributed by atoms with Crippen molar-refractivity contribution in [3.05, 3.63) is 65.2 Å². The zero-order valence-electron chi connectivity index (χ0n) is 13.1. The lowest BCUT2D eigenvalue weighted by Crippen LogP contribution is -2.18. The van der Waals surface area contributed by atoms with E-state index in [1.165, 1.54) is 6.21 Å². The first-order valence-electron chi connectivity index (χ1n) is 7.36. The minimum atomic E-state index is -0.409. The van der Waals surface area contributed by atoms with E-state index < -0.39 is 5.91 Å². The van der Waals surface area contributed by atoms with E-state index in [-0.39, 0.29) is 5.91 Å². The molecule has 2 aromatic carbocycles. The van der Waals surface area contributed by atoms with Gasteiger partial charge in [-0.05, 0) is 24.3 Å². The van der Waals surface area contributed by atoms with Gasteiger partial charge in [0.1, 0.15) is 0 Å². The van der Waals surface area contributed by atoms with E-state index in [1.807, 2.05) is 0 Å². The number of amides is 2. The summed E-state index contributed by atoms with van der Waals surface area (Å²) in [6.45, 7) is 1.75. The van der Waals surface area contributed by atoms with E-state index in [2.05, 4.69) is 21.9 Å². The zero-order chi connectivity index (χ0) is 17.4. The van der Waals surface area contributed by atoms with Crippen LogP contribution in [0.4, 0.5) is 5.69 Å². The van der Waals surface area contributed by atoms with Gasteiger partial charge >= 0.3 is 0 Å². The van der Waals surface area contributed by atoms with Crippen LogP contribution in [0.2, 0.25) is 0 Å². The van der Waals surface area contributed by atoms with Crippen LogP contribution in [0.25, 0.3) is 0 Å². The van der Waals surface area contributed by atoms with E-state index in [0.29, 0.717) is 28.8 Å². The number of benzene rings is 2. The Labute approximate surface area is 139 Å². The van der Waals surface area contributed by atoms with Crippen LogP contribution >= 0.6 is 0 Å². The molecule has 0 aliphatic heterocycles. The van der Waals surface area contributed by atoms with Crippen molar-refractivity contribution in [2.45, 2.75) is 13.3 Å². The van der Waals surface area contributed by atoms with E-state index in [4.69, 9.17) is 5.26 Å². The maximum atomic E-state index is 12.1. The highest BCUT2D eigenvalue weighted by Crippen LogP contribution is 2.11. The third kappa shape index (κ3) is 4.52. The Morgan fingerprint density at radius 3 is 2.75 bits per heavy atom. The molecule has 0 aliphatic carbocycles. The van der Waals surface area contributed by atoms with Gasteiger partial charge in [0, 0.05) is 23.2 Å². The highest BCUT2D eigenvalue weighted by atomic mass is 16.2. The molecule has 2 amide bonds. The molecule has 0 saturated carbocycles. The van der Waals surface area contributed by atoms with Gasteiger partial charge < -0.3 is 5.32 Å². The Balaban J connectivity index is 2.05. The van der Waals surface area contributed by atoms with Crippen LogP contribution in [0, 0.1) is 11.3 Å². The Kier molecular flexibility index (Phi) is 5.81. The Morgan fingerprint density at radius 2 is 2.00 bits per heavy atom. The predicted molar refractivity (Wildman–Crippen MR) is 91.6 cm³/mol. The predicted octanol–water partition coefficient (Wildman–Crippen LogP) is 2.67. The normalized spacial score (nSPS) is 10.2. The summed E-state index contributed by atoms with van der Waals surface area (Å²) in [7, 11) is 0. The summed E-state index contributed by atoms with van der Waals surface area (Å²) in [4.78, 5) is 23.5. The van der Waals surface area contributed by atoms with Crippen LogP contribution in [0.5, 0.6) is 0 Å². The average Bonchev–Trinajstić information content (AvgIpc) is 2.62. The number of carbonyl (C=O) groups is 2. The highest BCUT2D eigenvalue weighted by molar-refractivity contribution is 5.97. The van der Waals surface area contributed by atoms with E-state index in [0.717, 1.165) is 0 Å². The summed E-state index contributed by atoms with van der Waals surface area (Å²) in [5.41, 5.74) is 4.41. The van der Waals surface area contributed by atoms with Crippen molar-refractivity contribution in [3.8, 4) is 6.07 Å². The monoisotopic (exact) mass is 320 g/mol. The third-order valence-corrected chi connectivity index (χ3v) is 3.18. The second kappa shape index (κ2) is 8.25. The summed E-state index contributed by atoms with van der Waals surface area (Å²) in [6, 6.07) is 15.6. The Bertz CT molecular complexity index is 822. The Morgan fingerprint density at radius 1 is 1.21 bits per heavy atom. The number of hydrazone groups is 1. The molecule has 6 nitrogen and oxygen atoms in total. The molecular formula is C18H16N4O2. The number of hydrogen-bond donors (Lipinski definition) is 2. The summed E-state index contributed by atoms with van der Waals surface area (Å²) in [6.07, 6.45) is 1.78. The van der Waals surface area contributed by atoms with Gasteiger partial charge in [-0.3, -0.25) is 9.59 Å². The second-order valence-electron chi connectivity index (χ2n) is 4.88. The summed E-state index contributed by atoms with van der Waals surface area (Å²) in [5.74, 6) is -0.535. The summed E-state index contributed by atoms with van der Waals surface area (Å²) >= 11 is 0. The number of nitrogens with zero attached hydrogens (tertiary/aromatic N) is 2. The first-order valence-corrected chi connectivity index (χ1v) is 7.36. The topological polar surface area (TPSA) is 94.3 Å². The van der Waals surface area contributed by atoms with Crippen LogP contribution in [-0.2, 0) is 4.79 Å². The van der Waals surface area contributed by atoms with Gasteiger partial charge in [0.2, 0.25) is 5.91 Å². The smallest absolute Gasteiger partial charge is 0.271 e. The molecule has 0 bridgehead atoms. The number of nitriles is 1. The van der Waals surface area contributed by atoms with Gasteiger partial charge in [-0.1, -0.05) is 31.2 Å². The largest absolute Gasteiger partial charge is 0.326 e. The standard InChI is InChI=1S/C18H16N4O2/c1-2-17(23)21-16-9-5-8-13(10-16)18(24)22-20-12-15-7-4-3-6-14(15)11-19/h3-10,12H,2H2,1H3,(H,21,23)(H,22,24)/b20-12+. The summed E-state index contributed by atoms with van der Waals surface area (Å²) < 4.78 is 0. The number of carbonyl (C=O) groups excluding carboxylic acids is 2. The van der Waals surface area contributed by atoms with Crippen molar-refractivity contribution < 1.29 is 9.59 Å². The van der Waals surface area contributed by atoms with E-state index in [9.17, 15) is 9.59 Å². The van der Waals surface area contributed by atoms with Gasteiger partial charge in [-0.2, -0.15) is 10.4 Å². The second-order valence-corrected chi connectivity index (χ2v) is 4.88. The first kappa shape index (κ1) is 16.9. The maximum absolute atomic E-state index is 12.1. The molecule has 0 aliphatic rings. The summed E-state index contributed by atoms with van der Waals surface area (Å²) in [5, 5.41) is 15.6. The maximum Gasteiger partial charge on any atom is 0.271 e. The fourth-order valence-electron chi connectivity index (χ4n) is 1.92. The molecule has 2 N–H and O–H groups in total. The van der Waals surface area contributed by atoms with E-state index in [1.54, 1.807) is 55.5 Å². The SMILES string of the molecule is CCC(=O)Nc1cccc(C(=O)N/N=C/c2ccccc2C#N)c1. The van der Waals surface area contributed by atoms with Gasteiger partial charge in [0.05, 0.1) is 17.8 Å². The number of rotatable bonds is 5. The van der Waals surface area contributed by atoms with Crippen molar-refractivity contribution in [1.29, 1.82) is 5.26 Å². The van der Waals surface area contributed by atoms with Crippen LogP contribution in [-0.4, -0.2) is 18.0 Å². The van der Waals surface area contributed by atoms with Crippen molar-refractivity contribution in [1.82, 2.24) is 5.43 Å². The minimum Gasteiger partial charge on any atom is -0.326 e. The van der Waals surface area contributed by atoms with E-state index >= 15 is 0 Å². The van der Waals surface area contributed by atoms with Crippen LogP contribution in [0.3, 0.4) is 0 Å².